The molecule has 0 aliphatic carbocycles. The molecule has 0 unspecified atom stereocenters. The van der Waals surface area contributed by atoms with Crippen molar-refractivity contribution in [1.82, 2.24) is 5.32 Å². The summed E-state index contributed by atoms with van der Waals surface area (Å²) in [4.78, 5) is 34.0. The van der Waals surface area contributed by atoms with E-state index in [4.69, 9.17) is 5.73 Å². The Bertz CT molecular complexity index is 489. The molecule has 5 heteroatoms. The molecule has 0 aromatic rings. The number of nitrogens with two attached hydrogens (primary N) is 1. The maximum absolute atomic E-state index is 11.6. The van der Waals surface area contributed by atoms with E-state index in [2.05, 4.69) is 11.9 Å². The van der Waals surface area contributed by atoms with Crippen molar-refractivity contribution in [3.8, 4) is 0 Å². The first kappa shape index (κ1) is 15.9. The number of amides is 3. The van der Waals surface area contributed by atoms with E-state index in [1.165, 1.54) is 0 Å². The molecule has 0 saturated carbocycles. The number of piperidine rings is 1. The van der Waals surface area contributed by atoms with E-state index in [1.54, 1.807) is 18.2 Å². The van der Waals surface area contributed by atoms with Gasteiger partial charge in [-0.25, -0.2) is 0 Å². The Morgan fingerprint density at radius 1 is 1.50 bits per heavy atom. The molecule has 0 bridgehead atoms. The Hall–Kier alpha value is -2.17. The first-order valence-corrected chi connectivity index (χ1v) is 6.58. The number of carbonyl (C=O) groups is 3. The van der Waals surface area contributed by atoms with Crippen molar-refractivity contribution < 1.29 is 14.4 Å². The first-order chi connectivity index (χ1) is 9.45. The molecule has 1 fully saturated rings. The van der Waals surface area contributed by atoms with Crippen LogP contribution in [0.5, 0.6) is 0 Å². The molecule has 3 N–H and O–H groups in total. The first-order valence-electron chi connectivity index (χ1n) is 6.58. The number of hydrogen-bond donors (Lipinski definition) is 2. The topological polar surface area (TPSA) is 89.3 Å². The van der Waals surface area contributed by atoms with E-state index in [1.807, 2.05) is 6.92 Å². The highest BCUT2D eigenvalue weighted by molar-refractivity contribution is 5.98. The number of allylic oxidation sites excluding steroid dienone is 3. The zero-order chi connectivity index (χ0) is 15.1. The van der Waals surface area contributed by atoms with Gasteiger partial charge in [-0.2, -0.15) is 0 Å². The third-order valence-electron chi connectivity index (χ3n) is 3.35. The zero-order valence-corrected chi connectivity index (χ0v) is 11.6. The van der Waals surface area contributed by atoms with Crippen molar-refractivity contribution in [3.63, 3.8) is 0 Å². The molecule has 108 valence electrons. The fourth-order valence-corrected chi connectivity index (χ4v) is 2.14. The molecular weight excluding hydrogens is 256 g/mol. The Labute approximate surface area is 118 Å². The summed E-state index contributed by atoms with van der Waals surface area (Å²) in [5.41, 5.74) is 6.60. The molecule has 0 spiro atoms. The van der Waals surface area contributed by atoms with E-state index in [0.29, 0.717) is 31.3 Å². The summed E-state index contributed by atoms with van der Waals surface area (Å²) in [7, 11) is 0. The van der Waals surface area contributed by atoms with Crippen molar-refractivity contribution in [3.05, 3.63) is 36.0 Å². The molecule has 1 aliphatic rings. The average Bonchev–Trinajstić information content (AvgIpc) is 2.37. The second kappa shape index (κ2) is 7.43. The summed E-state index contributed by atoms with van der Waals surface area (Å²) in [5, 5.41) is 2.33. The quantitative estimate of drug-likeness (QED) is 0.436. The monoisotopic (exact) mass is 276 g/mol. The summed E-state index contributed by atoms with van der Waals surface area (Å²) >= 11 is 0. The van der Waals surface area contributed by atoms with Crippen LogP contribution in [0, 0.1) is 5.92 Å². The average molecular weight is 276 g/mol. The van der Waals surface area contributed by atoms with Crippen LogP contribution in [-0.4, -0.2) is 17.7 Å². The van der Waals surface area contributed by atoms with Gasteiger partial charge in [0, 0.05) is 17.9 Å². The van der Waals surface area contributed by atoms with Gasteiger partial charge in [0.05, 0.1) is 0 Å². The SMILES string of the molecule is C=C/C=C\C(C(N)=O)=C(/C)CC[C@H]1CCC(=O)NC1=O. The van der Waals surface area contributed by atoms with E-state index in [-0.39, 0.29) is 17.7 Å². The Morgan fingerprint density at radius 3 is 2.75 bits per heavy atom. The molecule has 1 aliphatic heterocycles. The van der Waals surface area contributed by atoms with Gasteiger partial charge in [-0.1, -0.05) is 24.3 Å². The highest BCUT2D eigenvalue weighted by atomic mass is 16.2. The number of imide groups is 1. The predicted octanol–water partition coefficient (Wildman–Crippen LogP) is 1.36. The number of carbonyl (C=O) groups excluding carboxylic acids is 3. The highest BCUT2D eigenvalue weighted by Gasteiger charge is 2.26. The summed E-state index contributed by atoms with van der Waals surface area (Å²) in [5.74, 6) is -1.12. The van der Waals surface area contributed by atoms with Gasteiger partial charge in [0.2, 0.25) is 17.7 Å². The fraction of sp³-hybridized carbons (Fsp3) is 0.400. The standard InChI is InChI=1S/C15H20N2O3/c1-3-4-5-12(14(16)19)10(2)6-7-11-8-9-13(18)17-15(11)20/h3-5,11H,1,6-9H2,2H3,(H2,16,19)(H,17,18,20)/b5-4-,12-10-/t11-/m0/s1. The highest BCUT2D eigenvalue weighted by Crippen LogP contribution is 2.22. The van der Waals surface area contributed by atoms with Crippen LogP contribution in [0.2, 0.25) is 0 Å². The van der Waals surface area contributed by atoms with E-state index >= 15 is 0 Å². The van der Waals surface area contributed by atoms with Crippen molar-refractivity contribution in [2.24, 2.45) is 11.7 Å². The van der Waals surface area contributed by atoms with E-state index in [9.17, 15) is 14.4 Å². The fourth-order valence-electron chi connectivity index (χ4n) is 2.14. The van der Waals surface area contributed by atoms with Crippen LogP contribution in [0.25, 0.3) is 0 Å². The molecular formula is C15H20N2O3. The normalized spacial score (nSPS) is 20.6. The summed E-state index contributed by atoms with van der Waals surface area (Å²) in [6, 6.07) is 0. The lowest BCUT2D eigenvalue weighted by molar-refractivity contribution is -0.136. The molecule has 0 aromatic carbocycles. The summed E-state index contributed by atoms with van der Waals surface area (Å²) < 4.78 is 0. The van der Waals surface area contributed by atoms with Crippen LogP contribution in [0.15, 0.2) is 36.0 Å². The third-order valence-corrected chi connectivity index (χ3v) is 3.35. The molecule has 0 aromatic heterocycles. The lowest BCUT2D eigenvalue weighted by Gasteiger charge is -2.20. The molecule has 0 radical (unpaired) electrons. The van der Waals surface area contributed by atoms with Gasteiger partial charge in [0.15, 0.2) is 0 Å². The van der Waals surface area contributed by atoms with Crippen molar-refractivity contribution >= 4 is 17.7 Å². The van der Waals surface area contributed by atoms with Gasteiger partial charge in [-0.15, -0.1) is 0 Å². The minimum absolute atomic E-state index is 0.180. The molecule has 20 heavy (non-hydrogen) atoms. The van der Waals surface area contributed by atoms with Crippen LogP contribution in [-0.2, 0) is 14.4 Å². The summed E-state index contributed by atoms with van der Waals surface area (Å²) in [6.45, 7) is 5.36. The van der Waals surface area contributed by atoms with Gasteiger partial charge in [0.25, 0.3) is 0 Å². The predicted molar refractivity (Wildman–Crippen MR) is 76.3 cm³/mol. The number of rotatable bonds is 6. The van der Waals surface area contributed by atoms with Crippen LogP contribution in [0.1, 0.15) is 32.6 Å². The lowest BCUT2D eigenvalue weighted by Crippen LogP contribution is -2.40. The van der Waals surface area contributed by atoms with Crippen LogP contribution < -0.4 is 11.1 Å². The molecule has 1 heterocycles. The zero-order valence-electron chi connectivity index (χ0n) is 11.6. The second-order valence-electron chi connectivity index (χ2n) is 4.84. The van der Waals surface area contributed by atoms with Gasteiger partial charge in [0.1, 0.15) is 0 Å². The molecule has 5 nitrogen and oxygen atoms in total. The van der Waals surface area contributed by atoms with Crippen molar-refractivity contribution in [1.29, 1.82) is 0 Å². The molecule has 1 rings (SSSR count). The number of primary amides is 1. The molecule has 1 saturated heterocycles. The van der Waals surface area contributed by atoms with Gasteiger partial charge in [-0.3, -0.25) is 19.7 Å². The largest absolute Gasteiger partial charge is 0.366 e. The smallest absolute Gasteiger partial charge is 0.248 e. The van der Waals surface area contributed by atoms with Crippen LogP contribution in [0.3, 0.4) is 0 Å². The van der Waals surface area contributed by atoms with E-state index < -0.39 is 5.91 Å². The minimum atomic E-state index is -0.496. The third kappa shape index (κ3) is 4.50. The lowest BCUT2D eigenvalue weighted by atomic mass is 9.90. The van der Waals surface area contributed by atoms with E-state index in [0.717, 1.165) is 5.57 Å². The van der Waals surface area contributed by atoms with Gasteiger partial charge < -0.3 is 5.73 Å². The number of hydrogen-bond acceptors (Lipinski definition) is 3. The number of nitrogens with one attached hydrogen (secondary N) is 1. The molecule has 3 amide bonds. The second-order valence-corrected chi connectivity index (χ2v) is 4.84. The van der Waals surface area contributed by atoms with Crippen molar-refractivity contribution in [2.75, 3.05) is 0 Å². The van der Waals surface area contributed by atoms with Crippen LogP contribution >= 0.6 is 0 Å². The minimum Gasteiger partial charge on any atom is -0.366 e. The maximum atomic E-state index is 11.6. The van der Waals surface area contributed by atoms with Gasteiger partial charge in [-0.05, 0) is 32.3 Å². The Kier molecular flexibility index (Phi) is 5.90. The van der Waals surface area contributed by atoms with Crippen molar-refractivity contribution in [2.45, 2.75) is 32.6 Å². The maximum Gasteiger partial charge on any atom is 0.248 e. The van der Waals surface area contributed by atoms with Crippen LogP contribution in [0.4, 0.5) is 0 Å². The Morgan fingerprint density at radius 2 is 2.20 bits per heavy atom. The summed E-state index contributed by atoms with van der Waals surface area (Å²) in [6.07, 6.45) is 6.96. The molecule has 1 atom stereocenters. The Balaban J connectivity index is 2.68. The van der Waals surface area contributed by atoms with Gasteiger partial charge >= 0.3 is 0 Å².